The minimum atomic E-state index is -0.776. The van der Waals surface area contributed by atoms with Crippen molar-refractivity contribution in [3.63, 3.8) is 0 Å². The van der Waals surface area contributed by atoms with E-state index in [-0.39, 0.29) is 31.1 Å². The molecule has 0 aromatic rings. The highest BCUT2D eigenvalue weighted by molar-refractivity contribution is 5.71. The molecule has 364 valence electrons. The Labute approximate surface area is 390 Å². The molecule has 0 aromatic heterocycles. The zero-order valence-electron chi connectivity index (χ0n) is 41.6. The predicted octanol–water partition coefficient (Wildman–Crippen LogP) is 17.6. The molecule has 0 fully saturated rings. The third-order valence-corrected chi connectivity index (χ3v) is 11.5. The Bertz CT molecular complexity index is 1150. The van der Waals surface area contributed by atoms with E-state index >= 15 is 0 Å². The summed E-state index contributed by atoms with van der Waals surface area (Å²) in [6.07, 6.45) is 63.6. The molecule has 0 aliphatic rings. The molecule has 0 aliphatic heterocycles. The number of carbonyl (C=O) groups excluding carboxylic acids is 3. The van der Waals surface area contributed by atoms with E-state index in [1.54, 1.807) is 0 Å². The fourth-order valence-electron chi connectivity index (χ4n) is 7.49. The third-order valence-electron chi connectivity index (χ3n) is 11.5. The lowest BCUT2D eigenvalue weighted by Gasteiger charge is -2.18. The van der Waals surface area contributed by atoms with Crippen molar-refractivity contribution in [1.82, 2.24) is 0 Å². The molecule has 1 atom stereocenters. The minimum Gasteiger partial charge on any atom is -0.462 e. The summed E-state index contributed by atoms with van der Waals surface area (Å²) in [5.41, 5.74) is 0. The van der Waals surface area contributed by atoms with Crippen LogP contribution in [0, 0.1) is 0 Å². The molecule has 6 heteroatoms. The van der Waals surface area contributed by atoms with E-state index in [0.29, 0.717) is 19.3 Å². The molecule has 0 rings (SSSR count). The first-order chi connectivity index (χ1) is 31.0. The van der Waals surface area contributed by atoms with Crippen molar-refractivity contribution in [2.45, 2.75) is 271 Å². The van der Waals surface area contributed by atoms with Crippen LogP contribution in [0.2, 0.25) is 0 Å². The molecule has 0 aromatic carbocycles. The Kier molecular flexibility index (Phi) is 49.4. The van der Waals surface area contributed by atoms with E-state index in [1.807, 2.05) is 0 Å². The lowest BCUT2D eigenvalue weighted by atomic mass is 10.1. The van der Waals surface area contributed by atoms with Crippen molar-refractivity contribution < 1.29 is 28.6 Å². The predicted molar refractivity (Wildman–Crippen MR) is 270 cm³/mol. The number of carbonyl (C=O) groups is 3. The van der Waals surface area contributed by atoms with Gasteiger partial charge in [0.2, 0.25) is 0 Å². The zero-order valence-corrected chi connectivity index (χ0v) is 41.6. The van der Waals surface area contributed by atoms with Crippen LogP contribution in [0.5, 0.6) is 0 Å². The normalized spacial score (nSPS) is 12.5. The van der Waals surface area contributed by atoms with Crippen molar-refractivity contribution in [3.8, 4) is 0 Å². The van der Waals surface area contributed by atoms with Crippen LogP contribution in [0.25, 0.3) is 0 Å². The average Bonchev–Trinajstić information content (AvgIpc) is 3.28. The highest BCUT2D eigenvalue weighted by Gasteiger charge is 2.19. The van der Waals surface area contributed by atoms with Gasteiger partial charge in [-0.2, -0.15) is 0 Å². The molecule has 0 spiro atoms. The maximum absolute atomic E-state index is 12.8. The van der Waals surface area contributed by atoms with E-state index in [2.05, 4.69) is 81.5 Å². The van der Waals surface area contributed by atoms with E-state index < -0.39 is 6.10 Å². The van der Waals surface area contributed by atoms with Crippen molar-refractivity contribution >= 4 is 17.9 Å². The van der Waals surface area contributed by atoms with Crippen molar-refractivity contribution in [2.24, 2.45) is 0 Å². The lowest BCUT2D eigenvalue weighted by Crippen LogP contribution is -2.30. The van der Waals surface area contributed by atoms with Gasteiger partial charge in [-0.3, -0.25) is 14.4 Å². The molecular weight excluding hydrogens is 781 g/mol. The van der Waals surface area contributed by atoms with Crippen LogP contribution in [0.3, 0.4) is 0 Å². The second-order valence-electron chi connectivity index (χ2n) is 17.8. The van der Waals surface area contributed by atoms with Crippen molar-refractivity contribution in [2.75, 3.05) is 13.2 Å². The van der Waals surface area contributed by atoms with Gasteiger partial charge in [0.05, 0.1) is 0 Å². The fourth-order valence-corrected chi connectivity index (χ4v) is 7.49. The number of ether oxygens (including phenoxy) is 3. The molecule has 1 unspecified atom stereocenters. The quantitative estimate of drug-likeness (QED) is 0.0262. The Morgan fingerprint density at radius 2 is 0.619 bits per heavy atom. The molecule has 6 nitrogen and oxygen atoms in total. The lowest BCUT2D eigenvalue weighted by molar-refractivity contribution is -0.167. The zero-order chi connectivity index (χ0) is 45.8. The van der Waals surface area contributed by atoms with Gasteiger partial charge in [-0.15, -0.1) is 0 Å². The van der Waals surface area contributed by atoms with Gasteiger partial charge in [-0.25, -0.2) is 0 Å². The molecule has 0 radical (unpaired) electrons. The summed E-state index contributed by atoms with van der Waals surface area (Å²) in [5, 5.41) is 0. The summed E-state index contributed by atoms with van der Waals surface area (Å²) < 4.78 is 16.8. The summed E-state index contributed by atoms with van der Waals surface area (Å²) in [5.74, 6) is -0.887. The maximum Gasteiger partial charge on any atom is 0.306 e. The Morgan fingerprint density at radius 3 is 1.00 bits per heavy atom. The minimum absolute atomic E-state index is 0.0767. The Balaban J connectivity index is 4.24. The first-order valence-electron chi connectivity index (χ1n) is 26.8. The molecule has 0 amide bonds. The molecule has 0 heterocycles. The maximum atomic E-state index is 12.8. The van der Waals surface area contributed by atoms with Crippen LogP contribution in [0.15, 0.2) is 60.8 Å². The summed E-state index contributed by atoms with van der Waals surface area (Å²) in [6, 6.07) is 0. The van der Waals surface area contributed by atoms with Crippen LogP contribution in [0.1, 0.15) is 265 Å². The molecular formula is C57H100O6. The first-order valence-corrected chi connectivity index (χ1v) is 26.8. The van der Waals surface area contributed by atoms with Gasteiger partial charge >= 0.3 is 17.9 Å². The van der Waals surface area contributed by atoms with Gasteiger partial charge in [-0.05, 0) is 83.5 Å². The highest BCUT2D eigenvalue weighted by atomic mass is 16.6. The number of esters is 3. The van der Waals surface area contributed by atoms with E-state index in [9.17, 15) is 14.4 Å². The van der Waals surface area contributed by atoms with Crippen LogP contribution in [0.4, 0.5) is 0 Å². The smallest absolute Gasteiger partial charge is 0.306 e. The van der Waals surface area contributed by atoms with E-state index in [1.165, 1.54) is 128 Å². The van der Waals surface area contributed by atoms with Crippen LogP contribution < -0.4 is 0 Å². The molecule has 0 aliphatic carbocycles. The standard InChI is InChI=1S/C57H100O6/c1-4-7-10-13-16-19-21-23-24-25-26-27-28-29-30-31-32-34-35-38-41-44-47-50-56(59)62-53-54(52-61-55(58)49-46-43-40-37-18-15-12-9-6-3)63-57(60)51-48-45-42-39-36-33-22-20-17-14-11-8-5-2/h7,10,16,19-20,22-24,26-27,54H,4-6,8-9,11-15,17-18,21,25,28-53H2,1-3H3/b10-7-,19-16-,22-20-,24-23-,27-26-. The van der Waals surface area contributed by atoms with Crippen molar-refractivity contribution in [1.29, 1.82) is 0 Å². The third kappa shape index (κ3) is 50.0. The van der Waals surface area contributed by atoms with Gasteiger partial charge in [0.25, 0.3) is 0 Å². The van der Waals surface area contributed by atoms with Gasteiger partial charge in [0.1, 0.15) is 13.2 Å². The Morgan fingerprint density at radius 1 is 0.333 bits per heavy atom. The number of rotatable bonds is 48. The van der Waals surface area contributed by atoms with E-state index in [4.69, 9.17) is 14.2 Å². The van der Waals surface area contributed by atoms with Crippen molar-refractivity contribution in [3.05, 3.63) is 60.8 Å². The van der Waals surface area contributed by atoms with E-state index in [0.717, 1.165) is 96.3 Å². The fraction of sp³-hybridized carbons (Fsp3) is 0.772. The highest BCUT2D eigenvalue weighted by Crippen LogP contribution is 2.15. The van der Waals surface area contributed by atoms with Crippen LogP contribution in [-0.4, -0.2) is 37.2 Å². The average molecular weight is 881 g/mol. The largest absolute Gasteiger partial charge is 0.462 e. The topological polar surface area (TPSA) is 78.9 Å². The summed E-state index contributed by atoms with van der Waals surface area (Å²) in [6.45, 7) is 6.49. The molecule has 63 heavy (non-hydrogen) atoms. The SMILES string of the molecule is CC/C=C\C/C=C\C/C=C\C/C=C\CCCCCCCCCCCCC(=O)OCC(COC(=O)CCCCCCCCCCC)OC(=O)CCCCCCC/C=C\CCCCCC. The van der Waals surface area contributed by atoms with Crippen LogP contribution in [-0.2, 0) is 28.6 Å². The monoisotopic (exact) mass is 881 g/mol. The number of allylic oxidation sites excluding steroid dienone is 10. The molecule has 0 saturated carbocycles. The van der Waals surface area contributed by atoms with Gasteiger partial charge < -0.3 is 14.2 Å². The summed E-state index contributed by atoms with van der Waals surface area (Å²) in [4.78, 5) is 37.9. The summed E-state index contributed by atoms with van der Waals surface area (Å²) >= 11 is 0. The van der Waals surface area contributed by atoms with Gasteiger partial charge in [0.15, 0.2) is 6.10 Å². The second kappa shape index (κ2) is 51.7. The van der Waals surface area contributed by atoms with Gasteiger partial charge in [0, 0.05) is 19.3 Å². The number of hydrogen-bond acceptors (Lipinski definition) is 6. The number of unbranched alkanes of at least 4 members (excludes halogenated alkanes) is 27. The number of hydrogen-bond donors (Lipinski definition) is 0. The Hall–Kier alpha value is -2.89. The second-order valence-corrected chi connectivity index (χ2v) is 17.8. The molecule has 0 bridgehead atoms. The first kappa shape index (κ1) is 60.1. The van der Waals surface area contributed by atoms with Crippen LogP contribution >= 0.6 is 0 Å². The molecule has 0 saturated heterocycles. The van der Waals surface area contributed by atoms with Gasteiger partial charge in [-0.1, -0.05) is 223 Å². The summed E-state index contributed by atoms with van der Waals surface area (Å²) in [7, 11) is 0. The molecule has 0 N–H and O–H groups in total.